The third kappa shape index (κ3) is 5.37. The lowest BCUT2D eigenvalue weighted by Gasteiger charge is -2.35. The topological polar surface area (TPSA) is 30.7 Å². The molecule has 3 heterocycles. The van der Waals surface area contributed by atoms with E-state index in [4.69, 9.17) is 9.97 Å². The summed E-state index contributed by atoms with van der Waals surface area (Å²) in [6, 6.07) is 81.0. The highest BCUT2D eigenvalue weighted by Gasteiger charge is 2.42. The van der Waals surface area contributed by atoms with Crippen LogP contribution in [0.15, 0.2) is 225 Å². The molecule has 13 rings (SSSR count). The van der Waals surface area contributed by atoms with Gasteiger partial charge in [0.1, 0.15) is 0 Å². The Morgan fingerprint density at radius 2 is 0.794 bits per heavy atom. The second-order valence-electron chi connectivity index (χ2n) is 16.4. The van der Waals surface area contributed by atoms with Crippen LogP contribution < -0.4 is 20.7 Å². The van der Waals surface area contributed by atoms with E-state index in [1.165, 1.54) is 80.7 Å². The van der Waals surface area contributed by atoms with Crippen LogP contribution in [0.4, 0.5) is 0 Å². The molecule has 1 aliphatic carbocycles. The van der Waals surface area contributed by atoms with Gasteiger partial charge in [-0.15, -0.1) is 11.3 Å². The van der Waals surface area contributed by atoms with E-state index < -0.39 is 8.07 Å². The number of benzene rings is 9. The van der Waals surface area contributed by atoms with E-state index >= 15 is 0 Å². The number of para-hydroxylation sites is 2. The fourth-order valence-corrected chi connectivity index (χ4v) is 16.3. The van der Waals surface area contributed by atoms with E-state index in [0.29, 0.717) is 5.95 Å². The minimum absolute atomic E-state index is 0.682. The van der Waals surface area contributed by atoms with E-state index in [1.54, 1.807) is 11.3 Å². The molecule has 0 bridgehead atoms. The van der Waals surface area contributed by atoms with Crippen LogP contribution in [0.2, 0.25) is 0 Å². The summed E-state index contributed by atoms with van der Waals surface area (Å²) < 4.78 is 4.50. The number of thiophene rings is 1. The molecule has 0 saturated heterocycles. The Labute approximate surface area is 369 Å². The van der Waals surface area contributed by atoms with Crippen molar-refractivity contribution in [3.05, 3.63) is 225 Å². The number of aromatic nitrogens is 3. The molecule has 0 N–H and O–H groups in total. The van der Waals surface area contributed by atoms with Crippen LogP contribution in [0, 0.1) is 0 Å². The fraction of sp³-hybridized carbons (Fsp3) is 0. The first kappa shape index (κ1) is 36.0. The highest BCUT2D eigenvalue weighted by Crippen LogP contribution is 2.47. The van der Waals surface area contributed by atoms with Gasteiger partial charge >= 0.3 is 0 Å². The van der Waals surface area contributed by atoms with E-state index in [-0.39, 0.29) is 0 Å². The molecule has 0 aliphatic heterocycles. The SMILES string of the molecule is c1ccc([Si](c2ccccc2)(c2ccc3c(c2)-c2ccccc2-c2ccccc2-c2ccccc2-3)c2ccc3sc4cnc(-n5c6ccccc6c6ccccc65)nc4c3c2)cc1. The van der Waals surface area contributed by atoms with Crippen molar-refractivity contribution in [2.24, 2.45) is 0 Å². The van der Waals surface area contributed by atoms with E-state index in [1.807, 2.05) is 6.20 Å². The number of rotatable bonds is 5. The van der Waals surface area contributed by atoms with Gasteiger partial charge in [0, 0.05) is 20.9 Å². The standard InChI is InChI=1S/C58H37N3SSi/c1-3-17-38(18-4-1)63(39-19-5-2-6-20-39,40-31-33-48-46-25-10-9-23-44(46)42-21-7-8-22-43(42)45-24-11-12-26-47(45)51(48)35-40)41-32-34-55-52(36-41)57-56(62-55)37-59-58(60-57)61-53-29-15-13-27-49(53)50-28-14-16-30-54(50)61/h1-37H. The molecule has 3 nitrogen and oxygen atoms in total. The third-order valence-electron chi connectivity index (χ3n) is 13.2. The van der Waals surface area contributed by atoms with Crippen molar-refractivity contribution >= 4 is 82.3 Å². The summed E-state index contributed by atoms with van der Waals surface area (Å²) in [7, 11) is -3.03. The Hall–Kier alpha value is -7.70. The average Bonchev–Trinajstić information content (AvgIpc) is 3.90. The Balaban J connectivity index is 1.10. The number of hydrogen-bond acceptors (Lipinski definition) is 3. The lowest BCUT2D eigenvalue weighted by Crippen LogP contribution is -2.74. The van der Waals surface area contributed by atoms with Gasteiger partial charge in [0.05, 0.1) is 27.4 Å². The molecule has 0 atom stereocenters. The quantitative estimate of drug-likeness (QED) is 0.128. The van der Waals surface area contributed by atoms with E-state index in [0.717, 1.165) is 26.6 Å². The molecule has 3 aromatic heterocycles. The van der Waals surface area contributed by atoms with Gasteiger partial charge in [-0.1, -0.05) is 200 Å². The van der Waals surface area contributed by atoms with Crippen molar-refractivity contribution in [2.45, 2.75) is 0 Å². The van der Waals surface area contributed by atoms with Crippen LogP contribution in [-0.2, 0) is 0 Å². The molecule has 5 heteroatoms. The van der Waals surface area contributed by atoms with Crippen LogP contribution >= 0.6 is 11.3 Å². The van der Waals surface area contributed by atoms with Crippen molar-refractivity contribution < 1.29 is 0 Å². The largest absolute Gasteiger partial charge is 0.278 e. The maximum absolute atomic E-state index is 5.47. The van der Waals surface area contributed by atoms with Gasteiger partial charge in [-0.2, -0.15) is 0 Å². The van der Waals surface area contributed by atoms with Gasteiger partial charge in [0.15, 0.2) is 8.07 Å². The van der Waals surface area contributed by atoms with Crippen LogP contribution in [0.3, 0.4) is 0 Å². The molecule has 12 aromatic rings. The molecule has 1 aliphatic rings. The van der Waals surface area contributed by atoms with Crippen LogP contribution in [0.5, 0.6) is 0 Å². The minimum Gasteiger partial charge on any atom is -0.278 e. The molecule has 0 spiro atoms. The van der Waals surface area contributed by atoms with E-state index in [2.05, 4.69) is 223 Å². The Morgan fingerprint density at radius 1 is 0.349 bits per heavy atom. The lowest BCUT2D eigenvalue weighted by molar-refractivity contribution is 1.01. The molecular weight excluding hydrogens is 799 g/mol. The zero-order valence-corrected chi connectivity index (χ0v) is 35.9. The van der Waals surface area contributed by atoms with Gasteiger partial charge in [-0.3, -0.25) is 4.57 Å². The third-order valence-corrected chi connectivity index (χ3v) is 19.1. The lowest BCUT2D eigenvalue weighted by atomic mass is 9.81. The van der Waals surface area contributed by atoms with Crippen molar-refractivity contribution in [1.82, 2.24) is 14.5 Å². The number of fused-ring (bicyclic) bond motifs is 14. The van der Waals surface area contributed by atoms with Gasteiger partial charge in [0.25, 0.3) is 0 Å². The van der Waals surface area contributed by atoms with Crippen molar-refractivity contribution in [3.63, 3.8) is 0 Å². The number of hydrogen-bond donors (Lipinski definition) is 0. The number of nitrogens with zero attached hydrogens (tertiary/aromatic N) is 3. The molecule has 0 amide bonds. The van der Waals surface area contributed by atoms with Crippen LogP contribution in [0.1, 0.15) is 0 Å². The molecule has 0 saturated carbocycles. The molecule has 0 fully saturated rings. The van der Waals surface area contributed by atoms with Crippen molar-refractivity contribution in [3.8, 4) is 50.5 Å². The summed E-state index contributed by atoms with van der Waals surface area (Å²) >= 11 is 1.77. The highest BCUT2D eigenvalue weighted by atomic mass is 32.1. The smallest absolute Gasteiger partial charge is 0.235 e. The monoisotopic (exact) mass is 835 g/mol. The summed E-state index contributed by atoms with van der Waals surface area (Å²) in [5, 5.41) is 8.86. The normalized spacial score (nSPS) is 12.1. The summed E-state index contributed by atoms with van der Waals surface area (Å²) in [4.78, 5) is 10.5. The highest BCUT2D eigenvalue weighted by molar-refractivity contribution is 7.26. The molecule has 294 valence electrons. The van der Waals surface area contributed by atoms with Crippen molar-refractivity contribution in [1.29, 1.82) is 0 Å². The summed E-state index contributed by atoms with van der Waals surface area (Å²) in [5.41, 5.74) is 13.2. The fourth-order valence-electron chi connectivity index (χ4n) is 10.5. The first-order valence-electron chi connectivity index (χ1n) is 21.5. The predicted molar refractivity (Wildman–Crippen MR) is 268 cm³/mol. The summed E-state index contributed by atoms with van der Waals surface area (Å²) in [6.45, 7) is 0. The van der Waals surface area contributed by atoms with Gasteiger partial charge < -0.3 is 0 Å². The minimum atomic E-state index is -3.03. The Morgan fingerprint density at radius 3 is 1.35 bits per heavy atom. The Kier molecular flexibility index (Phi) is 8.10. The Bertz CT molecular complexity index is 3660. The zero-order chi connectivity index (χ0) is 41.5. The molecule has 63 heavy (non-hydrogen) atoms. The zero-order valence-electron chi connectivity index (χ0n) is 34.1. The van der Waals surface area contributed by atoms with Gasteiger partial charge in [-0.05, 0) is 83.5 Å². The molecule has 0 radical (unpaired) electrons. The summed E-state index contributed by atoms with van der Waals surface area (Å²) in [6.07, 6.45) is 2.02. The second-order valence-corrected chi connectivity index (χ2v) is 21.3. The molecule has 9 aromatic carbocycles. The molecular formula is C58H37N3SSi. The predicted octanol–water partition coefficient (Wildman–Crippen LogP) is 12.3. The maximum Gasteiger partial charge on any atom is 0.235 e. The average molecular weight is 836 g/mol. The van der Waals surface area contributed by atoms with Gasteiger partial charge in [0.2, 0.25) is 5.95 Å². The second kappa shape index (κ2) is 14.2. The van der Waals surface area contributed by atoms with Crippen LogP contribution in [-0.4, -0.2) is 22.6 Å². The first-order chi connectivity index (χ1) is 31.3. The van der Waals surface area contributed by atoms with E-state index in [9.17, 15) is 0 Å². The first-order valence-corrected chi connectivity index (χ1v) is 24.3. The van der Waals surface area contributed by atoms with Crippen LogP contribution in [0.25, 0.3) is 92.6 Å². The van der Waals surface area contributed by atoms with Gasteiger partial charge in [-0.25, -0.2) is 9.97 Å². The maximum atomic E-state index is 5.47. The summed E-state index contributed by atoms with van der Waals surface area (Å²) in [5.74, 6) is 0.682. The van der Waals surface area contributed by atoms with Crippen molar-refractivity contribution in [2.75, 3.05) is 0 Å². The molecule has 0 unspecified atom stereocenters.